The van der Waals surface area contributed by atoms with Crippen LogP contribution < -0.4 is 0 Å². The molecular weight excluding hydrogens is 374 g/mol. The number of benzene rings is 3. The molecule has 1 aromatic heterocycles. The Labute approximate surface area is 154 Å². The van der Waals surface area contributed by atoms with E-state index in [2.05, 4.69) is 39.1 Å². The number of hydrogen-bond acceptors (Lipinski definition) is 1. The van der Waals surface area contributed by atoms with Crippen LogP contribution in [0.2, 0.25) is 0 Å². The molecule has 4 aromatic rings. The van der Waals surface area contributed by atoms with Crippen LogP contribution in [0.5, 0.6) is 0 Å². The Morgan fingerprint density at radius 3 is 2.28 bits per heavy atom. The number of para-hydroxylation sites is 1. The Morgan fingerprint density at radius 1 is 0.840 bits per heavy atom. The lowest BCUT2D eigenvalue weighted by molar-refractivity contribution is 0.103. The first-order valence-corrected chi connectivity index (χ1v) is 8.95. The van der Waals surface area contributed by atoms with Crippen molar-refractivity contribution in [2.75, 3.05) is 0 Å². The second-order valence-electron chi connectivity index (χ2n) is 6.02. The van der Waals surface area contributed by atoms with Gasteiger partial charge in [-0.2, -0.15) is 0 Å². The summed E-state index contributed by atoms with van der Waals surface area (Å²) in [5.74, 6) is 0.0228. The molecule has 0 fully saturated rings. The summed E-state index contributed by atoms with van der Waals surface area (Å²) in [6.45, 7) is 0. The Morgan fingerprint density at radius 2 is 1.52 bits per heavy atom. The van der Waals surface area contributed by atoms with E-state index in [1.54, 1.807) is 0 Å². The Kier molecular flexibility index (Phi) is 4.24. The molecule has 1 heterocycles. The van der Waals surface area contributed by atoms with E-state index in [1.807, 2.05) is 60.7 Å². The van der Waals surface area contributed by atoms with E-state index in [0.717, 1.165) is 27.4 Å². The molecule has 0 unspecified atom stereocenters. The molecule has 0 aliphatic carbocycles. The van der Waals surface area contributed by atoms with E-state index in [9.17, 15) is 4.79 Å². The number of rotatable bonds is 4. The van der Waals surface area contributed by atoms with Crippen LogP contribution in [0.3, 0.4) is 0 Å². The molecule has 4 rings (SSSR count). The molecule has 3 heteroatoms. The smallest absolute Gasteiger partial charge is 0.209 e. The average Bonchev–Trinajstić information content (AvgIpc) is 3.01. The highest BCUT2D eigenvalue weighted by molar-refractivity contribution is 9.10. The molecule has 0 saturated heterocycles. The quantitative estimate of drug-likeness (QED) is 0.442. The molecule has 3 aromatic carbocycles. The van der Waals surface area contributed by atoms with E-state index < -0.39 is 0 Å². The second kappa shape index (κ2) is 6.69. The summed E-state index contributed by atoms with van der Waals surface area (Å²) in [5, 5.41) is 1.10. The van der Waals surface area contributed by atoms with Gasteiger partial charge in [0.15, 0.2) is 0 Å². The largest absolute Gasteiger partial charge is 0.352 e. The van der Waals surface area contributed by atoms with Crippen molar-refractivity contribution in [3.63, 3.8) is 0 Å². The molecule has 0 atom stereocenters. The Balaban J connectivity index is 1.83. The zero-order valence-corrected chi connectivity index (χ0v) is 15.1. The lowest BCUT2D eigenvalue weighted by Gasteiger charge is -2.05. The zero-order valence-electron chi connectivity index (χ0n) is 13.5. The van der Waals surface area contributed by atoms with Gasteiger partial charge in [0.2, 0.25) is 5.78 Å². The topological polar surface area (TPSA) is 32.9 Å². The van der Waals surface area contributed by atoms with Crippen molar-refractivity contribution in [1.29, 1.82) is 0 Å². The first kappa shape index (κ1) is 15.9. The summed E-state index contributed by atoms with van der Waals surface area (Å²) in [4.78, 5) is 16.4. The summed E-state index contributed by atoms with van der Waals surface area (Å²) in [6, 6.07) is 25.8. The van der Waals surface area contributed by atoms with Gasteiger partial charge in [0.1, 0.15) is 0 Å². The van der Waals surface area contributed by atoms with Crippen LogP contribution in [0.1, 0.15) is 27.2 Å². The fourth-order valence-corrected chi connectivity index (χ4v) is 3.39. The van der Waals surface area contributed by atoms with E-state index in [4.69, 9.17) is 0 Å². The van der Waals surface area contributed by atoms with Crippen molar-refractivity contribution in [3.8, 4) is 0 Å². The highest BCUT2D eigenvalue weighted by atomic mass is 79.9. The van der Waals surface area contributed by atoms with Gasteiger partial charge in [-0.25, -0.2) is 0 Å². The molecule has 0 aliphatic rings. The predicted octanol–water partition coefficient (Wildman–Crippen LogP) is 5.75. The molecule has 0 bridgehead atoms. The molecule has 0 spiro atoms. The standard InChI is InChI=1S/C22H16BrNO/c23-17-12-10-16(11-13-17)22(25)21-19(14-15-6-2-1-3-7-15)18-8-4-5-9-20(18)24-21/h1-13,24H,14H2. The Hall–Kier alpha value is -2.65. The van der Waals surface area contributed by atoms with E-state index >= 15 is 0 Å². The van der Waals surface area contributed by atoms with Gasteiger partial charge in [-0.15, -0.1) is 0 Å². The number of nitrogens with one attached hydrogen (secondary N) is 1. The van der Waals surface area contributed by atoms with Crippen molar-refractivity contribution >= 4 is 32.6 Å². The number of ketones is 1. The van der Waals surface area contributed by atoms with Gasteiger partial charge in [-0.1, -0.05) is 64.5 Å². The molecule has 25 heavy (non-hydrogen) atoms. The van der Waals surface area contributed by atoms with Crippen molar-refractivity contribution in [2.24, 2.45) is 0 Å². The first-order chi connectivity index (χ1) is 12.2. The minimum atomic E-state index is 0.0228. The number of fused-ring (bicyclic) bond motifs is 1. The molecule has 1 N–H and O–H groups in total. The highest BCUT2D eigenvalue weighted by Crippen LogP contribution is 2.27. The van der Waals surface area contributed by atoms with Crippen LogP contribution in [0.25, 0.3) is 10.9 Å². The molecule has 2 nitrogen and oxygen atoms in total. The minimum Gasteiger partial charge on any atom is -0.352 e. The number of aromatic nitrogens is 1. The number of hydrogen-bond donors (Lipinski definition) is 1. The fourth-order valence-electron chi connectivity index (χ4n) is 3.12. The van der Waals surface area contributed by atoms with Gasteiger partial charge in [0.25, 0.3) is 0 Å². The monoisotopic (exact) mass is 389 g/mol. The van der Waals surface area contributed by atoms with Crippen LogP contribution in [-0.4, -0.2) is 10.8 Å². The summed E-state index contributed by atoms with van der Waals surface area (Å²) >= 11 is 3.42. The summed E-state index contributed by atoms with van der Waals surface area (Å²) in [7, 11) is 0. The van der Waals surface area contributed by atoms with Crippen LogP contribution >= 0.6 is 15.9 Å². The van der Waals surface area contributed by atoms with Gasteiger partial charge in [-0.3, -0.25) is 4.79 Å². The van der Waals surface area contributed by atoms with Crippen LogP contribution in [-0.2, 0) is 6.42 Å². The van der Waals surface area contributed by atoms with E-state index in [-0.39, 0.29) is 5.78 Å². The lowest BCUT2D eigenvalue weighted by atomic mass is 9.98. The number of carbonyl (C=O) groups excluding carboxylic acids is 1. The molecule has 0 amide bonds. The van der Waals surface area contributed by atoms with Crippen molar-refractivity contribution in [2.45, 2.75) is 6.42 Å². The van der Waals surface area contributed by atoms with Crippen LogP contribution in [0.4, 0.5) is 0 Å². The maximum absolute atomic E-state index is 13.1. The molecule has 0 saturated carbocycles. The van der Waals surface area contributed by atoms with E-state index in [1.165, 1.54) is 5.56 Å². The summed E-state index contributed by atoms with van der Waals surface area (Å²) < 4.78 is 0.963. The average molecular weight is 390 g/mol. The lowest BCUT2D eigenvalue weighted by Crippen LogP contribution is -2.05. The third kappa shape index (κ3) is 3.15. The SMILES string of the molecule is O=C(c1ccc(Br)cc1)c1[nH]c2ccccc2c1Cc1ccccc1. The van der Waals surface area contributed by atoms with Gasteiger partial charge in [0.05, 0.1) is 5.69 Å². The number of aromatic amines is 1. The molecular formula is C22H16BrNO. The third-order valence-corrected chi connectivity index (χ3v) is 4.90. The molecule has 122 valence electrons. The third-order valence-electron chi connectivity index (χ3n) is 4.37. The first-order valence-electron chi connectivity index (χ1n) is 8.16. The Bertz CT molecular complexity index is 1030. The van der Waals surface area contributed by atoms with Crippen molar-refractivity contribution in [3.05, 3.63) is 106 Å². The highest BCUT2D eigenvalue weighted by Gasteiger charge is 2.19. The van der Waals surface area contributed by atoms with Gasteiger partial charge in [0, 0.05) is 27.4 Å². The maximum Gasteiger partial charge on any atom is 0.209 e. The number of carbonyl (C=O) groups is 1. The zero-order chi connectivity index (χ0) is 17.2. The molecule has 0 aliphatic heterocycles. The normalized spacial score (nSPS) is 10.9. The summed E-state index contributed by atoms with van der Waals surface area (Å²) in [6.07, 6.45) is 0.725. The van der Waals surface area contributed by atoms with Gasteiger partial charge in [-0.05, 0) is 41.5 Å². The second-order valence-corrected chi connectivity index (χ2v) is 6.94. The van der Waals surface area contributed by atoms with E-state index in [0.29, 0.717) is 11.3 Å². The minimum absolute atomic E-state index is 0.0228. The van der Waals surface area contributed by atoms with Gasteiger partial charge < -0.3 is 4.98 Å². The number of halogens is 1. The molecule has 0 radical (unpaired) electrons. The van der Waals surface area contributed by atoms with Crippen molar-refractivity contribution < 1.29 is 4.79 Å². The van der Waals surface area contributed by atoms with Crippen molar-refractivity contribution in [1.82, 2.24) is 4.98 Å². The number of H-pyrrole nitrogens is 1. The van der Waals surface area contributed by atoms with Crippen LogP contribution in [0.15, 0.2) is 83.3 Å². The van der Waals surface area contributed by atoms with Gasteiger partial charge >= 0.3 is 0 Å². The summed E-state index contributed by atoms with van der Waals surface area (Å²) in [5.41, 5.74) is 4.59. The van der Waals surface area contributed by atoms with Crippen LogP contribution in [0, 0.1) is 0 Å². The predicted molar refractivity (Wildman–Crippen MR) is 105 cm³/mol. The fraction of sp³-hybridized carbons (Fsp3) is 0.0455. The maximum atomic E-state index is 13.1.